The van der Waals surface area contributed by atoms with E-state index in [-0.39, 0.29) is 0 Å². The molecule has 2 N–H and O–H groups in total. The molecule has 0 amide bonds. The molecule has 0 aliphatic rings. The molecular weight excluding hydrogens is 126 g/mol. The largest absolute Gasteiger partial charge is 0.419 e. The van der Waals surface area contributed by atoms with Gasteiger partial charge >= 0.3 is 0 Å². The Labute approximate surface area is 62.3 Å². The SMILES string of the molecule is C/C=C\C(=C/ON)C(C)C. The lowest BCUT2D eigenvalue weighted by molar-refractivity contribution is 0.256. The van der Waals surface area contributed by atoms with E-state index < -0.39 is 0 Å². The molecule has 0 unspecified atom stereocenters. The average Bonchev–Trinajstić information content (AvgIpc) is 1.87. The maximum atomic E-state index is 4.89. The van der Waals surface area contributed by atoms with Crippen LogP contribution in [0.4, 0.5) is 0 Å². The van der Waals surface area contributed by atoms with Gasteiger partial charge in [-0.3, -0.25) is 0 Å². The van der Waals surface area contributed by atoms with Crippen LogP contribution >= 0.6 is 0 Å². The van der Waals surface area contributed by atoms with Gasteiger partial charge in [-0.05, 0) is 18.4 Å². The smallest absolute Gasteiger partial charge is 0.114 e. The van der Waals surface area contributed by atoms with Gasteiger partial charge in [-0.1, -0.05) is 26.0 Å². The molecule has 2 nitrogen and oxygen atoms in total. The first-order chi connectivity index (χ1) is 4.72. The van der Waals surface area contributed by atoms with Gasteiger partial charge in [0.25, 0.3) is 0 Å². The van der Waals surface area contributed by atoms with E-state index in [1.54, 1.807) is 6.26 Å². The summed E-state index contributed by atoms with van der Waals surface area (Å²) < 4.78 is 0. The lowest BCUT2D eigenvalue weighted by atomic mass is 10.1. The summed E-state index contributed by atoms with van der Waals surface area (Å²) >= 11 is 0. The van der Waals surface area contributed by atoms with E-state index in [1.165, 1.54) is 0 Å². The summed E-state index contributed by atoms with van der Waals surface area (Å²) in [6, 6.07) is 0. The van der Waals surface area contributed by atoms with Crippen LogP contribution in [0.15, 0.2) is 24.0 Å². The third-order valence-corrected chi connectivity index (χ3v) is 1.23. The van der Waals surface area contributed by atoms with Gasteiger partial charge in [0.05, 0.1) is 0 Å². The molecule has 0 heterocycles. The predicted octanol–water partition coefficient (Wildman–Crippen LogP) is 1.99. The monoisotopic (exact) mass is 141 g/mol. The van der Waals surface area contributed by atoms with E-state index in [9.17, 15) is 0 Å². The van der Waals surface area contributed by atoms with Gasteiger partial charge in [0, 0.05) is 0 Å². The fourth-order valence-electron chi connectivity index (χ4n) is 0.639. The van der Waals surface area contributed by atoms with Crippen molar-refractivity contribution in [1.82, 2.24) is 0 Å². The second-order valence-electron chi connectivity index (χ2n) is 2.41. The highest BCUT2D eigenvalue weighted by atomic mass is 16.6. The maximum absolute atomic E-state index is 4.89. The van der Waals surface area contributed by atoms with Crippen LogP contribution in [0.25, 0.3) is 0 Å². The lowest BCUT2D eigenvalue weighted by Crippen LogP contribution is -1.95. The zero-order valence-electron chi connectivity index (χ0n) is 6.79. The molecule has 0 aromatic rings. The number of allylic oxidation sites excluding steroid dienone is 3. The molecule has 0 radical (unpaired) electrons. The summed E-state index contributed by atoms with van der Waals surface area (Å²) in [5.41, 5.74) is 1.10. The molecule has 0 aliphatic carbocycles. The number of nitrogens with two attached hydrogens (primary N) is 1. The Morgan fingerprint density at radius 3 is 2.40 bits per heavy atom. The van der Waals surface area contributed by atoms with E-state index in [0.717, 1.165) is 5.57 Å². The second kappa shape index (κ2) is 5.06. The van der Waals surface area contributed by atoms with Crippen molar-refractivity contribution >= 4 is 0 Å². The van der Waals surface area contributed by atoms with E-state index in [2.05, 4.69) is 18.7 Å². The van der Waals surface area contributed by atoms with Crippen LogP contribution in [-0.2, 0) is 4.84 Å². The fraction of sp³-hybridized carbons (Fsp3) is 0.500. The average molecular weight is 141 g/mol. The molecule has 0 saturated heterocycles. The highest BCUT2D eigenvalue weighted by Crippen LogP contribution is 2.09. The van der Waals surface area contributed by atoms with E-state index in [1.807, 2.05) is 19.1 Å². The first-order valence-electron chi connectivity index (χ1n) is 3.40. The van der Waals surface area contributed by atoms with Crippen LogP contribution in [0, 0.1) is 5.92 Å². The van der Waals surface area contributed by atoms with Gasteiger partial charge in [-0.2, -0.15) is 5.90 Å². The molecule has 0 aromatic heterocycles. The Kier molecular flexibility index (Phi) is 4.67. The minimum atomic E-state index is 0.458. The third kappa shape index (κ3) is 3.30. The molecule has 0 bridgehead atoms. The summed E-state index contributed by atoms with van der Waals surface area (Å²) in [6.45, 7) is 6.14. The molecule has 0 fully saturated rings. The standard InChI is InChI=1S/C8H15NO/c1-4-5-8(6-10-9)7(2)3/h4-7H,9H2,1-3H3/b5-4-,8-6+. The Bertz CT molecular complexity index is 136. The molecule has 58 valence electrons. The predicted molar refractivity (Wildman–Crippen MR) is 43.0 cm³/mol. The number of hydrogen-bond donors (Lipinski definition) is 1. The van der Waals surface area contributed by atoms with E-state index in [4.69, 9.17) is 5.90 Å². The zero-order valence-corrected chi connectivity index (χ0v) is 6.79. The summed E-state index contributed by atoms with van der Waals surface area (Å²) in [7, 11) is 0. The Hall–Kier alpha value is -0.760. The Morgan fingerprint density at radius 1 is 1.50 bits per heavy atom. The fourth-order valence-corrected chi connectivity index (χ4v) is 0.639. The number of hydrogen-bond acceptors (Lipinski definition) is 2. The lowest BCUT2D eigenvalue weighted by Gasteiger charge is -2.03. The van der Waals surface area contributed by atoms with Crippen molar-refractivity contribution in [3.8, 4) is 0 Å². The van der Waals surface area contributed by atoms with Crippen LogP contribution in [-0.4, -0.2) is 0 Å². The van der Waals surface area contributed by atoms with Gasteiger partial charge in [0.1, 0.15) is 6.26 Å². The summed E-state index contributed by atoms with van der Waals surface area (Å²) in [5.74, 6) is 5.35. The van der Waals surface area contributed by atoms with Crippen molar-refractivity contribution in [2.75, 3.05) is 0 Å². The zero-order chi connectivity index (χ0) is 7.98. The molecule has 0 saturated carbocycles. The van der Waals surface area contributed by atoms with Crippen LogP contribution in [0.3, 0.4) is 0 Å². The molecular formula is C8H15NO. The minimum Gasteiger partial charge on any atom is -0.419 e. The molecule has 10 heavy (non-hydrogen) atoms. The van der Waals surface area contributed by atoms with Crippen LogP contribution in [0.5, 0.6) is 0 Å². The molecule has 0 rings (SSSR count). The first kappa shape index (κ1) is 9.24. The van der Waals surface area contributed by atoms with Crippen molar-refractivity contribution in [2.24, 2.45) is 11.8 Å². The summed E-state index contributed by atoms with van der Waals surface area (Å²) in [4.78, 5) is 4.40. The normalized spacial score (nSPS) is 13.1. The van der Waals surface area contributed by atoms with E-state index in [0.29, 0.717) is 5.92 Å². The molecule has 2 heteroatoms. The number of rotatable bonds is 3. The van der Waals surface area contributed by atoms with Gasteiger partial charge in [0.2, 0.25) is 0 Å². The highest BCUT2D eigenvalue weighted by Gasteiger charge is 1.97. The van der Waals surface area contributed by atoms with Crippen molar-refractivity contribution in [2.45, 2.75) is 20.8 Å². The van der Waals surface area contributed by atoms with Crippen LogP contribution < -0.4 is 5.90 Å². The van der Waals surface area contributed by atoms with Crippen LogP contribution in [0.2, 0.25) is 0 Å². The van der Waals surface area contributed by atoms with Crippen molar-refractivity contribution in [3.63, 3.8) is 0 Å². The third-order valence-electron chi connectivity index (χ3n) is 1.23. The van der Waals surface area contributed by atoms with Gasteiger partial charge in [0.15, 0.2) is 0 Å². The Balaban J connectivity index is 4.11. The van der Waals surface area contributed by atoms with Crippen molar-refractivity contribution in [3.05, 3.63) is 24.0 Å². The second-order valence-corrected chi connectivity index (χ2v) is 2.41. The van der Waals surface area contributed by atoms with E-state index >= 15 is 0 Å². The van der Waals surface area contributed by atoms with Crippen molar-refractivity contribution in [1.29, 1.82) is 0 Å². The van der Waals surface area contributed by atoms with Gasteiger partial charge in [-0.25, -0.2) is 0 Å². The maximum Gasteiger partial charge on any atom is 0.114 e. The molecule has 0 atom stereocenters. The quantitative estimate of drug-likeness (QED) is 0.370. The van der Waals surface area contributed by atoms with Gasteiger partial charge in [-0.15, -0.1) is 0 Å². The van der Waals surface area contributed by atoms with Gasteiger partial charge < -0.3 is 4.84 Å². The minimum absolute atomic E-state index is 0.458. The Morgan fingerprint density at radius 2 is 2.10 bits per heavy atom. The molecule has 0 aliphatic heterocycles. The molecule has 0 spiro atoms. The topological polar surface area (TPSA) is 35.2 Å². The molecule has 0 aromatic carbocycles. The summed E-state index contributed by atoms with van der Waals surface area (Å²) in [5, 5.41) is 0. The summed E-state index contributed by atoms with van der Waals surface area (Å²) in [6.07, 6.45) is 5.51. The highest BCUT2D eigenvalue weighted by molar-refractivity contribution is 5.17. The first-order valence-corrected chi connectivity index (χ1v) is 3.40. The van der Waals surface area contributed by atoms with Crippen molar-refractivity contribution < 1.29 is 4.84 Å². The van der Waals surface area contributed by atoms with Crippen LogP contribution in [0.1, 0.15) is 20.8 Å².